The molecule has 0 aliphatic carbocycles. The van der Waals surface area contributed by atoms with E-state index in [0.29, 0.717) is 24.5 Å². The zero-order valence-electron chi connectivity index (χ0n) is 15.9. The Morgan fingerprint density at radius 1 is 0.889 bits per heavy atom. The first-order chi connectivity index (χ1) is 12.3. The molecule has 0 spiro atoms. The monoisotopic (exact) mass is 414 g/mol. The van der Waals surface area contributed by atoms with Gasteiger partial charge in [0.25, 0.3) is 0 Å². The van der Waals surface area contributed by atoms with Crippen LogP contribution in [0.25, 0.3) is 0 Å². The summed E-state index contributed by atoms with van der Waals surface area (Å²) in [7, 11) is 0. The third kappa shape index (κ3) is 6.06. The van der Waals surface area contributed by atoms with E-state index in [1.807, 2.05) is 0 Å². The van der Waals surface area contributed by atoms with E-state index < -0.39 is 0 Å². The number of benzene rings is 1. The lowest BCUT2D eigenvalue weighted by Crippen LogP contribution is -2.50. The molecular weight excluding hydrogens is 383 g/mol. The largest absolute Gasteiger partial charge is 0.340 e. The van der Waals surface area contributed by atoms with Crippen LogP contribution in [-0.2, 0) is 11.3 Å². The van der Waals surface area contributed by atoms with Gasteiger partial charge in [0.2, 0.25) is 5.91 Å². The number of fused-ring (bicyclic) bond motifs is 2. The second kappa shape index (κ2) is 10.6. The maximum absolute atomic E-state index is 12.7. The molecule has 2 unspecified atom stereocenters. The number of piperazine rings is 1. The summed E-state index contributed by atoms with van der Waals surface area (Å²) in [5.74, 6) is 0.325. The van der Waals surface area contributed by atoms with Gasteiger partial charge in [-0.3, -0.25) is 14.6 Å². The van der Waals surface area contributed by atoms with Gasteiger partial charge in [-0.2, -0.15) is 0 Å². The molecular formula is C20H32Cl2N4O. The van der Waals surface area contributed by atoms with Crippen LogP contribution in [0.5, 0.6) is 0 Å². The molecule has 27 heavy (non-hydrogen) atoms. The Hall–Kier alpha value is -0.850. The van der Waals surface area contributed by atoms with Gasteiger partial charge in [0.15, 0.2) is 0 Å². The van der Waals surface area contributed by atoms with Crippen molar-refractivity contribution in [3.05, 3.63) is 35.9 Å². The first-order valence-electron chi connectivity index (χ1n) is 9.79. The van der Waals surface area contributed by atoms with E-state index in [-0.39, 0.29) is 24.8 Å². The van der Waals surface area contributed by atoms with E-state index in [1.54, 1.807) is 0 Å². The van der Waals surface area contributed by atoms with Gasteiger partial charge in [-0.25, -0.2) is 0 Å². The molecule has 3 saturated heterocycles. The lowest BCUT2D eigenvalue weighted by atomic mass is 10.1. The number of halogens is 2. The zero-order valence-corrected chi connectivity index (χ0v) is 17.5. The summed E-state index contributed by atoms with van der Waals surface area (Å²) in [5, 5.41) is 3.66. The maximum Gasteiger partial charge on any atom is 0.236 e. The smallest absolute Gasteiger partial charge is 0.236 e. The van der Waals surface area contributed by atoms with E-state index in [0.717, 1.165) is 52.2 Å². The Kier molecular flexibility index (Phi) is 8.83. The highest BCUT2D eigenvalue weighted by atomic mass is 35.5. The average molecular weight is 415 g/mol. The van der Waals surface area contributed by atoms with Crippen molar-refractivity contribution in [1.82, 2.24) is 20.0 Å². The quantitative estimate of drug-likeness (QED) is 0.817. The molecule has 0 aromatic heterocycles. The van der Waals surface area contributed by atoms with Gasteiger partial charge in [0.1, 0.15) is 0 Å². The Morgan fingerprint density at radius 2 is 1.56 bits per heavy atom. The lowest BCUT2D eigenvalue weighted by molar-refractivity contribution is -0.133. The minimum atomic E-state index is 0. The first kappa shape index (κ1) is 22.4. The molecule has 0 saturated carbocycles. The fraction of sp³-hybridized carbons (Fsp3) is 0.650. The van der Waals surface area contributed by atoms with Gasteiger partial charge in [-0.15, -0.1) is 24.8 Å². The molecule has 4 rings (SSSR count). The number of rotatable bonds is 4. The summed E-state index contributed by atoms with van der Waals surface area (Å²) in [5.41, 5.74) is 1.37. The summed E-state index contributed by atoms with van der Waals surface area (Å²) in [6.45, 7) is 7.54. The summed E-state index contributed by atoms with van der Waals surface area (Å²) < 4.78 is 0. The van der Waals surface area contributed by atoms with E-state index in [4.69, 9.17) is 0 Å². The van der Waals surface area contributed by atoms with Gasteiger partial charge >= 0.3 is 0 Å². The Bertz CT molecular complexity index is 581. The Morgan fingerprint density at radius 3 is 2.30 bits per heavy atom. The molecule has 2 atom stereocenters. The molecule has 152 valence electrons. The summed E-state index contributed by atoms with van der Waals surface area (Å²) in [6.07, 6.45) is 3.63. The maximum atomic E-state index is 12.7. The van der Waals surface area contributed by atoms with Crippen molar-refractivity contribution in [2.75, 3.05) is 45.8 Å². The second-order valence-corrected chi connectivity index (χ2v) is 7.80. The third-order valence-corrected chi connectivity index (χ3v) is 5.95. The van der Waals surface area contributed by atoms with Crippen molar-refractivity contribution in [2.24, 2.45) is 0 Å². The summed E-state index contributed by atoms with van der Waals surface area (Å²) >= 11 is 0. The van der Waals surface area contributed by atoms with Crippen LogP contribution >= 0.6 is 24.8 Å². The van der Waals surface area contributed by atoms with Crippen LogP contribution in [0.1, 0.15) is 24.8 Å². The fourth-order valence-corrected chi connectivity index (χ4v) is 4.41. The van der Waals surface area contributed by atoms with Crippen molar-refractivity contribution in [1.29, 1.82) is 0 Å². The topological polar surface area (TPSA) is 38.8 Å². The van der Waals surface area contributed by atoms with Crippen LogP contribution in [0.4, 0.5) is 0 Å². The molecule has 1 aromatic carbocycles. The molecule has 7 heteroatoms. The van der Waals surface area contributed by atoms with Crippen molar-refractivity contribution < 1.29 is 4.79 Å². The van der Waals surface area contributed by atoms with Crippen LogP contribution in [0.2, 0.25) is 0 Å². The van der Waals surface area contributed by atoms with E-state index in [9.17, 15) is 4.79 Å². The van der Waals surface area contributed by atoms with Crippen molar-refractivity contribution in [2.45, 2.75) is 37.9 Å². The fourth-order valence-electron chi connectivity index (χ4n) is 4.41. The van der Waals surface area contributed by atoms with Crippen LogP contribution in [0.3, 0.4) is 0 Å². The van der Waals surface area contributed by atoms with E-state index >= 15 is 0 Å². The highest BCUT2D eigenvalue weighted by Crippen LogP contribution is 2.20. The number of nitrogens with zero attached hydrogens (tertiary/aromatic N) is 3. The predicted molar refractivity (Wildman–Crippen MR) is 114 cm³/mol. The number of carbonyl (C=O) groups is 1. The molecule has 2 bridgehead atoms. The molecule has 3 aliphatic rings. The minimum Gasteiger partial charge on any atom is -0.340 e. The van der Waals surface area contributed by atoms with Gasteiger partial charge in [0, 0.05) is 57.9 Å². The van der Waals surface area contributed by atoms with Gasteiger partial charge < -0.3 is 10.2 Å². The van der Waals surface area contributed by atoms with Gasteiger partial charge in [-0.05, 0) is 24.8 Å². The van der Waals surface area contributed by atoms with Gasteiger partial charge in [-0.1, -0.05) is 30.3 Å². The zero-order chi connectivity index (χ0) is 17.1. The SMILES string of the molecule is Cl.Cl.O=C(CN1CCN(Cc2ccccc2)CC1)N1CCC2CCC(C1)N2. The van der Waals surface area contributed by atoms with Crippen molar-refractivity contribution >= 4 is 30.7 Å². The number of likely N-dealkylation sites (tertiary alicyclic amines) is 1. The lowest BCUT2D eigenvalue weighted by Gasteiger charge is -2.35. The van der Waals surface area contributed by atoms with E-state index in [1.165, 1.54) is 18.4 Å². The number of amides is 1. The molecule has 1 aromatic rings. The summed E-state index contributed by atoms with van der Waals surface area (Å²) in [6, 6.07) is 11.8. The molecule has 3 fully saturated rings. The molecule has 1 amide bonds. The first-order valence-corrected chi connectivity index (χ1v) is 9.79. The van der Waals surface area contributed by atoms with Crippen molar-refractivity contribution in [3.8, 4) is 0 Å². The standard InChI is InChI=1S/C20H30N4O.2ClH/c25-20(24-9-8-18-6-7-19(15-24)21-18)16-23-12-10-22(11-13-23)14-17-4-2-1-3-5-17;;/h1-5,18-19,21H,6-16H2;2*1H. The second-order valence-electron chi connectivity index (χ2n) is 7.80. The van der Waals surface area contributed by atoms with Gasteiger partial charge in [0.05, 0.1) is 6.54 Å². The molecule has 0 radical (unpaired) electrons. The highest BCUT2D eigenvalue weighted by Gasteiger charge is 2.31. The molecule has 1 N–H and O–H groups in total. The molecule has 5 nitrogen and oxygen atoms in total. The third-order valence-electron chi connectivity index (χ3n) is 5.95. The van der Waals surface area contributed by atoms with Crippen LogP contribution in [0.15, 0.2) is 30.3 Å². The average Bonchev–Trinajstić information content (AvgIpc) is 2.96. The predicted octanol–water partition coefficient (Wildman–Crippen LogP) is 2.00. The van der Waals surface area contributed by atoms with Crippen molar-refractivity contribution in [3.63, 3.8) is 0 Å². The molecule has 3 aliphatic heterocycles. The normalized spacial score (nSPS) is 26.0. The van der Waals surface area contributed by atoms with E-state index in [2.05, 4.69) is 50.3 Å². The van der Waals surface area contributed by atoms with Crippen LogP contribution < -0.4 is 5.32 Å². The number of hydrogen-bond donors (Lipinski definition) is 1. The van der Waals surface area contributed by atoms with Crippen LogP contribution in [-0.4, -0.2) is 78.5 Å². The highest BCUT2D eigenvalue weighted by molar-refractivity contribution is 5.85. The number of hydrogen-bond acceptors (Lipinski definition) is 4. The Balaban J connectivity index is 0.00000131. The van der Waals surface area contributed by atoms with Crippen LogP contribution in [0, 0.1) is 0 Å². The minimum absolute atomic E-state index is 0. The number of carbonyl (C=O) groups excluding carboxylic acids is 1. The Labute approximate surface area is 175 Å². The number of nitrogens with one attached hydrogen (secondary N) is 1. The molecule has 3 heterocycles. The summed E-state index contributed by atoms with van der Waals surface area (Å²) in [4.78, 5) is 19.6.